The van der Waals surface area contributed by atoms with E-state index in [1.54, 1.807) is 18.3 Å². The van der Waals surface area contributed by atoms with E-state index in [1.165, 1.54) is 10.6 Å². The van der Waals surface area contributed by atoms with Crippen molar-refractivity contribution in [3.63, 3.8) is 0 Å². The first kappa shape index (κ1) is 14.0. The van der Waals surface area contributed by atoms with Gasteiger partial charge in [-0.05, 0) is 61.7 Å². The largest absolute Gasteiger partial charge is 0.309 e. The maximum atomic E-state index is 13.3. The van der Waals surface area contributed by atoms with Crippen molar-refractivity contribution in [2.75, 3.05) is 0 Å². The van der Waals surface area contributed by atoms with Gasteiger partial charge in [-0.15, -0.1) is 0 Å². The molecule has 1 aromatic carbocycles. The van der Waals surface area contributed by atoms with Crippen LogP contribution in [-0.2, 0) is 6.54 Å². The molecule has 3 nitrogen and oxygen atoms in total. The fourth-order valence-electron chi connectivity index (χ4n) is 1.69. The molecule has 2 aromatic rings. The molecular weight excluding hydrogens is 379 g/mol. The van der Waals surface area contributed by atoms with Crippen LogP contribution in [0.15, 0.2) is 44.2 Å². The minimum atomic E-state index is -0.490. The second-order valence-electron chi connectivity index (χ2n) is 3.90. The molecule has 2 rings (SSSR count). The Hall–Kier alpha value is -1.45. The van der Waals surface area contributed by atoms with Crippen LogP contribution >= 0.6 is 31.9 Å². The number of nitrogens with zero attached hydrogens (tertiary/aromatic N) is 2. The van der Waals surface area contributed by atoms with Crippen LogP contribution in [0.5, 0.6) is 0 Å². The predicted molar refractivity (Wildman–Crippen MR) is 76.3 cm³/mol. The van der Waals surface area contributed by atoms with Crippen molar-refractivity contribution in [2.45, 2.75) is 6.54 Å². The third kappa shape index (κ3) is 3.31. The number of pyridine rings is 1. The van der Waals surface area contributed by atoms with Crippen molar-refractivity contribution >= 4 is 31.9 Å². The Morgan fingerprint density at radius 2 is 2.00 bits per heavy atom. The lowest BCUT2D eigenvalue weighted by atomic mass is 10.1. The Kier molecular flexibility index (Phi) is 4.17. The van der Waals surface area contributed by atoms with Gasteiger partial charge in [0.05, 0.1) is 22.7 Å². The number of hydrogen-bond acceptors (Lipinski definition) is 2. The molecule has 0 saturated heterocycles. The average Bonchev–Trinajstić information content (AvgIpc) is 2.34. The van der Waals surface area contributed by atoms with Crippen LogP contribution in [0, 0.1) is 17.1 Å². The highest BCUT2D eigenvalue weighted by atomic mass is 79.9. The summed E-state index contributed by atoms with van der Waals surface area (Å²) in [6.45, 7) is 0.198. The summed E-state index contributed by atoms with van der Waals surface area (Å²) in [6, 6.07) is 7.55. The zero-order valence-corrected chi connectivity index (χ0v) is 12.7. The fraction of sp³-hybridized carbons (Fsp3) is 0.0769. The van der Waals surface area contributed by atoms with Crippen LogP contribution in [0.1, 0.15) is 11.1 Å². The first-order chi connectivity index (χ1) is 8.99. The van der Waals surface area contributed by atoms with Gasteiger partial charge in [0.25, 0.3) is 5.56 Å². The maximum absolute atomic E-state index is 13.3. The van der Waals surface area contributed by atoms with Crippen LogP contribution in [0.2, 0.25) is 0 Å². The molecule has 0 saturated carbocycles. The molecule has 19 heavy (non-hydrogen) atoms. The molecule has 0 amide bonds. The lowest BCUT2D eigenvalue weighted by molar-refractivity contribution is 0.622. The van der Waals surface area contributed by atoms with Crippen LogP contribution in [0.4, 0.5) is 4.39 Å². The van der Waals surface area contributed by atoms with Gasteiger partial charge in [-0.1, -0.05) is 0 Å². The van der Waals surface area contributed by atoms with Crippen LogP contribution in [0.25, 0.3) is 0 Å². The highest BCUT2D eigenvalue weighted by Gasteiger charge is 2.06. The molecule has 0 aliphatic heterocycles. The molecule has 0 radical (unpaired) electrons. The lowest BCUT2D eigenvalue weighted by Gasteiger charge is -2.08. The van der Waals surface area contributed by atoms with Crippen molar-refractivity contribution in [2.24, 2.45) is 0 Å². The second kappa shape index (κ2) is 5.68. The molecular formula is C13H7Br2FN2O. The monoisotopic (exact) mass is 384 g/mol. The normalized spacial score (nSPS) is 10.2. The van der Waals surface area contributed by atoms with E-state index < -0.39 is 5.82 Å². The van der Waals surface area contributed by atoms with E-state index in [0.29, 0.717) is 10.0 Å². The summed E-state index contributed by atoms with van der Waals surface area (Å²) in [5, 5.41) is 8.80. The predicted octanol–water partition coefficient (Wildman–Crippen LogP) is 3.43. The first-order valence-electron chi connectivity index (χ1n) is 5.24. The Bertz CT molecular complexity index is 734. The van der Waals surface area contributed by atoms with E-state index in [1.807, 2.05) is 6.07 Å². The molecule has 0 unspecified atom stereocenters. The molecule has 0 spiro atoms. The number of nitriles is 1. The Morgan fingerprint density at radius 3 is 2.68 bits per heavy atom. The van der Waals surface area contributed by atoms with Crippen molar-refractivity contribution in [3.8, 4) is 6.07 Å². The topological polar surface area (TPSA) is 45.8 Å². The SMILES string of the molecule is N#Cc1cc(F)cc(Cn2cc(Br)cc(Br)c2=O)c1. The zero-order valence-electron chi connectivity index (χ0n) is 9.53. The number of halogens is 3. The quantitative estimate of drug-likeness (QED) is 0.794. The van der Waals surface area contributed by atoms with E-state index in [4.69, 9.17) is 5.26 Å². The van der Waals surface area contributed by atoms with Gasteiger partial charge in [0.15, 0.2) is 0 Å². The highest BCUT2D eigenvalue weighted by molar-refractivity contribution is 9.11. The van der Waals surface area contributed by atoms with E-state index >= 15 is 0 Å². The summed E-state index contributed by atoms with van der Waals surface area (Å²) in [7, 11) is 0. The molecule has 0 N–H and O–H groups in total. The van der Waals surface area contributed by atoms with Crippen molar-refractivity contribution < 1.29 is 4.39 Å². The smallest absolute Gasteiger partial charge is 0.265 e. The van der Waals surface area contributed by atoms with Gasteiger partial charge in [-0.25, -0.2) is 4.39 Å². The van der Waals surface area contributed by atoms with Crippen molar-refractivity contribution in [1.29, 1.82) is 5.26 Å². The molecule has 6 heteroatoms. The van der Waals surface area contributed by atoms with Crippen LogP contribution in [-0.4, -0.2) is 4.57 Å². The van der Waals surface area contributed by atoms with Crippen LogP contribution in [0.3, 0.4) is 0 Å². The zero-order chi connectivity index (χ0) is 14.0. The summed E-state index contributed by atoms with van der Waals surface area (Å²) in [5.74, 6) is -0.490. The molecule has 0 bridgehead atoms. The summed E-state index contributed by atoms with van der Waals surface area (Å²) in [4.78, 5) is 11.9. The molecule has 0 aliphatic carbocycles. The second-order valence-corrected chi connectivity index (χ2v) is 5.67. The minimum absolute atomic E-state index is 0.198. The summed E-state index contributed by atoms with van der Waals surface area (Å²) >= 11 is 6.45. The van der Waals surface area contributed by atoms with Crippen LogP contribution < -0.4 is 5.56 Å². The summed E-state index contributed by atoms with van der Waals surface area (Å²) in [6.07, 6.45) is 1.62. The molecule has 0 aliphatic rings. The standard InChI is InChI=1S/C13H7Br2FN2O/c14-10-4-12(15)13(19)18(7-10)6-9-1-8(5-17)2-11(16)3-9/h1-4,7H,6H2. The van der Waals surface area contributed by atoms with Gasteiger partial charge in [-0.3, -0.25) is 4.79 Å². The molecule has 1 heterocycles. The van der Waals surface area contributed by atoms with Gasteiger partial charge in [-0.2, -0.15) is 5.26 Å². The van der Waals surface area contributed by atoms with Gasteiger partial charge in [0.1, 0.15) is 5.82 Å². The maximum Gasteiger partial charge on any atom is 0.265 e. The molecule has 96 valence electrons. The number of rotatable bonds is 2. The Labute approximate surface area is 125 Å². The highest BCUT2D eigenvalue weighted by Crippen LogP contribution is 2.15. The summed E-state index contributed by atoms with van der Waals surface area (Å²) < 4.78 is 15.9. The van der Waals surface area contributed by atoms with E-state index in [0.717, 1.165) is 10.5 Å². The van der Waals surface area contributed by atoms with E-state index in [2.05, 4.69) is 31.9 Å². The third-order valence-electron chi connectivity index (χ3n) is 2.45. The van der Waals surface area contributed by atoms with Gasteiger partial charge in [0.2, 0.25) is 0 Å². The van der Waals surface area contributed by atoms with Gasteiger partial charge in [0, 0.05) is 10.7 Å². The first-order valence-corrected chi connectivity index (χ1v) is 6.83. The molecule has 1 aromatic heterocycles. The Morgan fingerprint density at radius 1 is 1.26 bits per heavy atom. The molecule has 0 atom stereocenters. The van der Waals surface area contributed by atoms with Crippen molar-refractivity contribution in [3.05, 3.63) is 66.7 Å². The average molecular weight is 386 g/mol. The lowest BCUT2D eigenvalue weighted by Crippen LogP contribution is -2.20. The summed E-state index contributed by atoms with van der Waals surface area (Å²) in [5.41, 5.74) is 0.576. The minimum Gasteiger partial charge on any atom is -0.309 e. The van der Waals surface area contributed by atoms with E-state index in [9.17, 15) is 9.18 Å². The van der Waals surface area contributed by atoms with Gasteiger partial charge >= 0.3 is 0 Å². The third-order valence-corrected chi connectivity index (χ3v) is 3.45. The van der Waals surface area contributed by atoms with Crippen molar-refractivity contribution in [1.82, 2.24) is 4.57 Å². The number of hydrogen-bond donors (Lipinski definition) is 0. The van der Waals surface area contributed by atoms with E-state index in [-0.39, 0.29) is 17.7 Å². The number of benzene rings is 1. The molecule has 0 fully saturated rings. The Balaban J connectivity index is 2.45. The number of aromatic nitrogens is 1. The van der Waals surface area contributed by atoms with Gasteiger partial charge < -0.3 is 4.57 Å². The fourth-order valence-corrected chi connectivity index (χ4v) is 2.94.